The fourth-order valence-corrected chi connectivity index (χ4v) is 3.99. The Morgan fingerprint density at radius 1 is 1.41 bits per heavy atom. The molecule has 0 saturated carbocycles. The maximum Gasteiger partial charge on any atom is 0.321 e. The predicted molar refractivity (Wildman–Crippen MR) is 83.4 cm³/mol. The normalized spacial score (nSPS) is 22.4. The van der Waals surface area contributed by atoms with Crippen LogP contribution in [0, 0.1) is 0 Å². The van der Waals surface area contributed by atoms with E-state index in [1.165, 1.54) is 0 Å². The highest BCUT2D eigenvalue weighted by molar-refractivity contribution is 7.91. The van der Waals surface area contributed by atoms with Crippen molar-refractivity contribution in [1.82, 2.24) is 9.88 Å². The highest BCUT2D eigenvalue weighted by atomic mass is 32.2. The average molecular weight is 326 g/mol. The van der Waals surface area contributed by atoms with E-state index in [-0.39, 0.29) is 23.5 Å². The number of sulfone groups is 1. The number of aliphatic carboxylic acids is 1. The Kier molecular flexibility index (Phi) is 4.58. The summed E-state index contributed by atoms with van der Waals surface area (Å²) < 4.78 is 23.3. The van der Waals surface area contributed by atoms with Crippen molar-refractivity contribution in [1.29, 1.82) is 0 Å². The zero-order valence-corrected chi connectivity index (χ0v) is 13.9. The molecule has 1 N–H and O–H groups in total. The third-order valence-electron chi connectivity index (χ3n) is 3.87. The first-order valence-corrected chi connectivity index (χ1v) is 9.02. The van der Waals surface area contributed by atoms with Crippen molar-refractivity contribution < 1.29 is 18.3 Å². The first-order valence-electron chi connectivity index (χ1n) is 7.20. The van der Waals surface area contributed by atoms with Crippen LogP contribution in [0.3, 0.4) is 0 Å². The molecule has 122 valence electrons. The fourth-order valence-electron chi connectivity index (χ4n) is 2.48. The van der Waals surface area contributed by atoms with Gasteiger partial charge in [0, 0.05) is 25.5 Å². The summed E-state index contributed by atoms with van der Waals surface area (Å²) in [6.07, 6.45) is 3.51. The second kappa shape index (κ2) is 5.96. The van der Waals surface area contributed by atoms with E-state index in [0.717, 1.165) is 11.1 Å². The Hall–Kier alpha value is -1.47. The lowest BCUT2D eigenvalue weighted by molar-refractivity contribution is -0.142. The molecule has 2 rings (SSSR count). The van der Waals surface area contributed by atoms with Crippen LogP contribution in [0.4, 0.5) is 0 Å². The topological polar surface area (TPSA) is 87.6 Å². The summed E-state index contributed by atoms with van der Waals surface area (Å²) in [6, 6.07) is 1.02. The molecular formula is C15H22N2O4S. The van der Waals surface area contributed by atoms with E-state index < -0.39 is 21.8 Å². The summed E-state index contributed by atoms with van der Waals surface area (Å²) in [5, 5.41) is 9.28. The van der Waals surface area contributed by atoms with Gasteiger partial charge in [-0.15, -0.1) is 0 Å². The lowest BCUT2D eigenvalue weighted by Gasteiger charge is -2.32. The number of nitrogens with zero attached hydrogens (tertiary/aromatic N) is 2. The van der Waals surface area contributed by atoms with Gasteiger partial charge in [-0.05, 0) is 16.5 Å². The molecule has 0 aromatic carbocycles. The first kappa shape index (κ1) is 16.9. The van der Waals surface area contributed by atoms with Crippen LogP contribution < -0.4 is 0 Å². The third kappa shape index (κ3) is 4.04. The maximum absolute atomic E-state index is 11.6. The van der Waals surface area contributed by atoms with E-state index in [2.05, 4.69) is 25.8 Å². The molecule has 0 bridgehead atoms. The van der Waals surface area contributed by atoms with Gasteiger partial charge in [-0.1, -0.05) is 26.8 Å². The van der Waals surface area contributed by atoms with Gasteiger partial charge in [0.2, 0.25) is 0 Å². The number of carboxylic acids is 1. The van der Waals surface area contributed by atoms with Crippen molar-refractivity contribution in [2.45, 2.75) is 38.8 Å². The molecule has 7 heteroatoms. The summed E-state index contributed by atoms with van der Waals surface area (Å²) in [7, 11) is -3.27. The monoisotopic (exact) mass is 326 g/mol. The number of hydrogen-bond donors (Lipinski definition) is 1. The van der Waals surface area contributed by atoms with Crippen molar-refractivity contribution in [2.75, 3.05) is 18.1 Å². The molecule has 6 nitrogen and oxygen atoms in total. The number of aromatic nitrogens is 1. The van der Waals surface area contributed by atoms with Crippen LogP contribution in [0.15, 0.2) is 18.5 Å². The van der Waals surface area contributed by atoms with Crippen LogP contribution in [0.2, 0.25) is 0 Å². The van der Waals surface area contributed by atoms with E-state index in [9.17, 15) is 18.3 Å². The Labute approximate surface area is 131 Å². The molecule has 1 saturated heterocycles. The Morgan fingerprint density at radius 2 is 2.09 bits per heavy atom. The van der Waals surface area contributed by atoms with Crippen LogP contribution in [-0.4, -0.2) is 53.5 Å². The third-order valence-corrected chi connectivity index (χ3v) is 5.50. The van der Waals surface area contributed by atoms with Crippen LogP contribution in [0.25, 0.3) is 0 Å². The van der Waals surface area contributed by atoms with Crippen LogP contribution in [0.1, 0.15) is 31.9 Å². The number of pyridine rings is 1. The van der Waals surface area contributed by atoms with Crippen molar-refractivity contribution in [3.8, 4) is 0 Å². The number of carbonyl (C=O) groups is 1. The molecule has 1 unspecified atom stereocenters. The highest BCUT2D eigenvalue weighted by Crippen LogP contribution is 2.23. The van der Waals surface area contributed by atoms with Gasteiger partial charge in [-0.3, -0.25) is 14.7 Å². The zero-order chi connectivity index (χ0) is 16.5. The molecular weight excluding hydrogens is 304 g/mol. The second-order valence-electron chi connectivity index (χ2n) is 6.77. The van der Waals surface area contributed by atoms with Crippen molar-refractivity contribution in [3.63, 3.8) is 0 Å². The lowest BCUT2D eigenvalue weighted by atomic mass is 9.87. The molecule has 0 spiro atoms. The van der Waals surface area contributed by atoms with Crippen LogP contribution in [0.5, 0.6) is 0 Å². The molecule has 1 aliphatic rings. The molecule has 2 heterocycles. The summed E-state index contributed by atoms with van der Waals surface area (Å²) >= 11 is 0. The smallest absolute Gasteiger partial charge is 0.321 e. The van der Waals surface area contributed by atoms with E-state index >= 15 is 0 Å². The lowest BCUT2D eigenvalue weighted by Crippen LogP contribution is -2.51. The van der Waals surface area contributed by atoms with Gasteiger partial charge in [0.25, 0.3) is 0 Å². The van der Waals surface area contributed by atoms with Gasteiger partial charge in [0.1, 0.15) is 6.04 Å². The zero-order valence-electron chi connectivity index (χ0n) is 13.1. The minimum Gasteiger partial charge on any atom is -0.480 e. The summed E-state index contributed by atoms with van der Waals surface area (Å²) in [5.41, 5.74) is 1.93. The van der Waals surface area contributed by atoms with Gasteiger partial charge < -0.3 is 5.11 Å². The van der Waals surface area contributed by atoms with Gasteiger partial charge in [0.05, 0.1) is 11.5 Å². The number of carboxylic acid groups (broad SMARTS) is 1. The largest absolute Gasteiger partial charge is 0.480 e. The van der Waals surface area contributed by atoms with E-state index in [4.69, 9.17) is 0 Å². The van der Waals surface area contributed by atoms with E-state index in [0.29, 0.717) is 6.54 Å². The fraction of sp³-hybridized carbons (Fsp3) is 0.600. The summed E-state index contributed by atoms with van der Waals surface area (Å²) in [6.45, 7) is 6.88. The van der Waals surface area contributed by atoms with Gasteiger partial charge in [-0.2, -0.15) is 0 Å². The molecule has 0 aliphatic carbocycles. The van der Waals surface area contributed by atoms with Crippen molar-refractivity contribution in [3.05, 3.63) is 29.6 Å². The van der Waals surface area contributed by atoms with Crippen LogP contribution in [-0.2, 0) is 26.6 Å². The molecule has 1 aromatic rings. The Morgan fingerprint density at radius 3 is 2.68 bits per heavy atom. The maximum atomic E-state index is 11.6. The number of hydrogen-bond acceptors (Lipinski definition) is 5. The van der Waals surface area contributed by atoms with Crippen molar-refractivity contribution >= 4 is 15.8 Å². The predicted octanol–water partition coefficient (Wildman–Crippen LogP) is 1.06. The van der Waals surface area contributed by atoms with Crippen LogP contribution >= 0.6 is 0 Å². The first-order chi connectivity index (χ1) is 10.1. The quantitative estimate of drug-likeness (QED) is 0.894. The minimum absolute atomic E-state index is 0.00314. The Bertz CT molecular complexity index is 664. The average Bonchev–Trinajstić information content (AvgIpc) is 2.40. The molecule has 1 fully saturated rings. The molecule has 1 aliphatic heterocycles. The molecule has 0 amide bonds. The van der Waals surface area contributed by atoms with Crippen molar-refractivity contribution in [2.24, 2.45) is 0 Å². The minimum atomic E-state index is -3.27. The SMILES string of the molecule is CC(C)(C)c1cncc(CN2CCS(=O)(=O)CC2C(=O)O)c1. The van der Waals surface area contributed by atoms with Gasteiger partial charge in [-0.25, -0.2) is 8.42 Å². The summed E-state index contributed by atoms with van der Waals surface area (Å²) in [5.74, 6) is -1.42. The summed E-state index contributed by atoms with van der Waals surface area (Å²) in [4.78, 5) is 17.3. The standard InChI is InChI=1S/C15H22N2O4S/c1-15(2,3)12-6-11(7-16-8-12)9-17-4-5-22(20,21)10-13(17)14(18)19/h6-8,13H,4-5,9-10H2,1-3H3,(H,18,19). The Balaban J connectivity index is 2.21. The van der Waals surface area contributed by atoms with E-state index in [1.54, 1.807) is 17.3 Å². The van der Waals surface area contributed by atoms with Gasteiger partial charge >= 0.3 is 5.97 Å². The molecule has 22 heavy (non-hydrogen) atoms. The molecule has 1 aromatic heterocycles. The highest BCUT2D eigenvalue weighted by Gasteiger charge is 2.35. The number of rotatable bonds is 3. The van der Waals surface area contributed by atoms with E-state index in [1.807, 2.05) is 6.07 Å². The molecule has 1 atom stereocenters. The van der Waals surface area contributed by atoms with Gasteiger partial charge in [0.15, 0.2) is 9.84 Å². The molecule has 0 radical (unpaired) electrons. The second-order valence-corrected chi connectivity index (χ2v) is 9.00.